The molecular formula is C47H50N6O8. The predicted molar refractivity (Wildman–Crippen MR) is 234 cm³/mol. The van der Waals surface area contributed by atoms with Crippen molar-refractivity contribution in [2.45, 2.75) is 26.2 Å². The second-order valence-electron chi connectivity index (χ2n) is 14.8. The average molecular weight is 827 g/mol. The van der Waals surface area contributed by atoms with Gasteiger partial charge in [0.2, 0.25) is 0 Å². The topological polar surface area (TPSA) is 162 Å². The molecule has 0 fully saturated rings. The standard InChI is InChI=1S/C47H50N6O8/c1-30-8-16-36(50-28-30)37-17-13-32(29-51-37)10-9-31-11-14-33(15-12-31)61-25-19-49-39-27-35-40-41-34(44(54)53(21-7-24-60-4)47(57)43(39)41)26-38(48-18-5-22-58-2)42(40)46(56)52(45(35)55)20-6-23-59-3/h8-17,26-29,48-49H,5-7,18-25H2,1-4H3/b10-9+. The molecule has 4 amide bonds. The summed E-state index contributed by atoms with van der Waals surface area (Å²) in [5.74, 6) is -1.38. The van der Waals surface area contributed by atoms with Crippen LogP contribution in [0.2, 0.25) is 0 Å². The molecule has 0 saturated carbocycles. The number of methoxy groups -OCH3 is 3. The summed E-state index contributed by atoms with van der Waals surface area (Å²) >= 11 is 0. The summed E-state index contributed by atoms with van der Waals surface area (Å²) < 4.78 is 21.8. The van der Waals surface area contributed by atoms with Gasteiger partial charge in [0.15, 0.2) is 0 Å². The van der Waals surface area contributed by atoms with Gasteiger partial charge in [-0.2, -0.15) is 0 Å². The molecule has 61 heavy (non-hydrogen) atoms. The fourth-order valence-electron chi connectivity index (χ4n) is 7.52. The highest BCUT2D eigenvalue weighted by Crippen LogP contribution is 2.44. The Balaban J connectivity index is 1.12. The van der Waals surface area contributed by atoms with E-state index in [1.165, 1.54) is 9.80 Å². The van der Waals surface area contributed by atoms with Crippen LogP contribution in [-0.2, 0) is 14.2 Å². The Labute approximate surface area is 354 Å². The first-order valence-corrected chi connectivity index (χ1v) is 20.4. The van der Waals surface area contributed by atoms with Crippen LogP contribution in [-0.4, -0.2) is 117 Å². The van der Waals surface area contributed by atoms with E-state index in [-0.39, 0.29) is 53.9 Å². The van der Waals surface area contributed by atoms with Crippen LogP contribution in [0, 0.1) is 6.92 Å². The van der Waals surface area contributed by atoms with Gasteiger partial charge in [-0.1, -0.05) is 36.4 Å². The van der Waals surface area contributed by atoms with Crippen LogP contribution in [0.3, 0.4) is 0 Å². The van der Waals surface area contributed by atoms with E-state index in [0.29, 0.717) is 68.1 Å². The van der Waals surface area contributed by atoms with Gasteiger partial charge in [-0.3, -0.25) is 38.9 Å². The van der Waals surface area contributed by atoms with Gasteiger partial charge in [-0.05, 0) is 79.3 Å². The third kappa shape index (κ3) is 9.31. The zero-order valence-corrected chi connectivity index (χ0v) is 34.9. The number of nitrogens with zero attached hydrogens (tertiary/aromatic N) is 4. The molecule has 3 aromatic carbocycles. The van der Waals surface area contributed by atoms with Gasteiger partial charge in [0.25, 0.3) is 23.6 Å². The molecule has 14 nitrogen and oxygen atoms in total. The van der Waals surface area contributed by atoms with Crippen molar-refractivity contribution in [3.05, 3.63) is 112 Å². The van der Waals surface area contributed by atoms with Gasteiger partial charge in [-0.15, -0.1) is 0 Å². The number of amides is 4. The van der Waals surface area contributed by atoms with Crippen molar-refractivity contribution in [1.82, 2.24) is 19.8 Å². The Hall–Kier alpha value is -6.48. The maximum Gasteiger partial charge on any atom is 0.263 e. The fourth-order valence-corrected chi connectivity index (χ4v) is 7.52. The smallest absolute Gasteiger partial charge is 0.263 e. The van der Waals surface area contributed by atoms with E-state index < -0.39 is 23.6 Å². The number of benzene rings is 3. The first-order chi connectivity index (χ1) is 29.7. The van der Waals surface area contributed by atoms with Gasteiger partial charge in [0.05, 0.1) is 33.6 Å². The summed E-state index contributed by atoms with van der Waals surface area (Å²) in [4.78, 5) is 68.4. The molecule has 4 heterocycles. The van der Waals surface area contributed by atoms with Crippen molar-refractivity contribution in [2.24, 2.45) is 0 Å². The van der Waals surface area contributed by atoms with Crippen molar-refractivity contribution in [3.63, 3.8) is 0 Å². The molecule has 7 rings (SSSR count). The molecule has 2 aliphatic heterocycles. The summed E-state index contributed by atoms with van der Waals surface area (Å²) in [6.45, 7) is 4.38. The van der Waals surface area contributed by atoms with E-state index in [0.717, 1.165) is 28.1 Å². The van der Waals surface area contributed by atoms with E-state index in [2.05, 4.69) is 20.6 Å². The number of ether oxygens (including phenoxy) is 4. The number of pyridine rings is 2. The van der Waals surface area contributed by atoms with Crippen LogP contribution in [0.15, 0.2) is 73.1 Å². The Morgan fingerprint density at radius 2 is 1.08 bits per heavy atom. The number of hydrogen-bond acceptors (Lipinski definition) is 12. The second kappa shape index (κ2) is 19.7. The maximum absolute atomic E-state index is 14.4. The lowest BCUT2D eigenvalue weighted by molar-refractivity contribution is 0.0574. The van der Waals surface area contributed by atoms with Gasteiger partial charge in [-0.25, -0.2) is 0 Å². The van der Waals surface area contributed by atoms with Gasteiger partial charge < -0.3 is 29.6 Å². The molecular weight excluding hydrogens is 777 g/mol. The number of hydrogen-bond donors (Lipinski definition) is 2. The van der Waals surface area contributed by atoms with Crippen LogP contribution in [0.1, 0.15) is 77.4 Å². The second-order valence-corrected chi connectivity index (χ2v) is 14.8. The van der Waals surface area contributed by atoms with Gasteiger partial charge >= 0.3 is 0 Å². The number of aryl methyl sites for hydroxylation is 1. The Morgan fingerprint density at radius 3 is 1.61 bits per heavy atom. The molecule has 0 atom stereocenters. The fraction of sp³-hybridized carbons (Fsp3) is 0.319. The number of nitrogens with one attached hydrogen (secondary N) is 2. The van der Waals surface area contributed by atoms with Gasteiger partial charge in [0, 0.05) is 102 Å². The first kappa shape index (κ1) is 42.6. The third-order valence-corrected chi connectivity index (χ3v) is 10.6. The van der Waals surface area contributed by atoms with Gasteiger partial charge in [0.1, 0.15) is 12.4 Å². The molecule has 316 valence electrons. The van der Waals surface area contributed by atoms with Crippen molar-refractivity contribution in [1.29, 1.82) is 0 Å². The molecule has 0 saturated heterocycles. The maximum atomic E-state index is 14.4. The highest BCUT2D eigenvalue weighted by Gasteiger charge is 2.42. The molecule has 0 aliphatic carbocycles. The quantitative estimate of drug-likeness (QED) is 0.0578. The van der Waals surface area contributed by atoms with E-state index in [1.54, 1.807) is 33.5 Å². The molecule has 2 aromatic heterocycles. The first-order valence-electron chi connectivity index (χ1n) is 20.4. The minimum atomic E-state index is -0.517. The van der Waals surface area contributed by atoms with E-state index in [4.69, 9.17) is 18.9 Å². The van der Waals surface area contributed by atoms with Crippen LogP contribution in [0.25, 0.3) is 34.3 Å². The van der Waals surface area contributed by atoms with Crippen LogP contribution in [0.4, 0.5) is 11.4 Å². The molecule has 0 spiro atoms. The monoisotopic (exact) mass is 826 g/mol. The van der Waals surface area contributed by atoms with E-state index >= 15 is 0 Å². The molecule has 14 heteroatoms. The molecule has 0 unspecified atom stereocenters. The van der Waals surface area contributed by atoms with Crippen molar-refractivity contribution in [3.8, 4) is 17.1 Å². The molecule has 0 bridgehead atoms. The number of imide groups is 2. The zero-order chi connectivity index (χ0) is 42.9. The minimum absolute atomic E-state index is 0.125. The Morgan fingerprint density at radius 1 is 0.574 bits per heavy atom. The number of anilines is 2. The summed E-state index contributed by atoms with van der Waals surface area (Å²) in [5, 5.41) is 7.23. The summed E-state index contributed by atoms with van der Waals surface area (Å²) in [5.41, 5.74) is 6.37. The summed E-state index contributed by atoms with van der Waals surface area (Å²) in [7, 11) is 4.73. The highest BCUT2D eigenvalue weighted by molar-refractivity contribution is 6.36. The third-order valence-electron chi connectivity index (χ3n) is 10.6. The van der Waals surface area contributed by atoms with Crippen LogP contribution in [0.5, 0.6) is 5.75 Å². The number of rotatable bonds is 21. The molecule has 2 aliphatic rings. The number of aromatic nitrogens is 2. The van der Waals surface area contributed by atoms with E-state index in [9.17, 15) is 19.2 Å². The number of carbonyl (C=O) groups is 4. The lowest BCUT2D eigenvalue weighted by Crippen LogP contribution is -2.44. The average Bonchev–Trinajstić information content (AvgIpc) is 3.27. The van der Waals surface area contributed by atoms with E-state index in [1.807, 2.05) is 80.0 Å². The predicted octanol–water partition coefficient (Wildman–Crippen LogP) is 6.98. The number of carbonyl (C=O) groups excluding carboxylic acids is 4. The minimum Gasteiger partial charge on any atom is -0.492 e. The lowest BCUT2D eigenvalue weighted by Gasteiger charge is -2.34. The summed E-state index contributed by atoms with van der Waals surface area (Å²) in [6.07, 6.45) is 9.13. The molecule has 5 aromatic rings. The largest absolute Gasteiger partial charge is 0.492 e. The van der Waals surface area contributed by atoms with Crippen molar-refractivity contribution < 1.29 is 38.1 Å². The molecule has 2 N–H and O–H groups in total. The summed E-state index contributed by atoms with van der Waals surface area (Å²) in [6, 6.07) is 18.9. The van der Waals surface area contributed by atoms with Crippen LogP contribution >= 0.6 is 0 Å². The van der Waals surface area contributed by atoms with Crippen molar-refractivity contribution in [2.75, 3.05) is 84.6 Å². The normalized spacial score (nSPS) is 13.5. The highest BCUT2D eigenvalue weighted by atomic mass is 16.5. The van der Waals surface area contributed by atoms with Crippen LogP contribution < -0.4 is 15.4 Å². The lowest BCUT2D eigenvalue weighted by atomic mass is 9.83. The zero-order valence-electron chi connectivity index (χ0n) is 34.9. The Kier molecular flexibility index (Phi) is 13.8. The molecule has 0 radical (unpaired) electrons. The van der Waals surface area contributed by atoms with Crippen molar-refractivity contribution >= 4 is 57.9 Å². The Bertz CT molecular complexity index is 2430. The SMILES string of the molecule is COCCCNc1cc2c3c(c(NCCOc4ccc(/C=C/c5ccc(-c6ccc(C)cn6)nc5)cc4)cc4c3c1C(=O)N(CCCOC)C4=O)C(=O)N(CCCOC)C2=O.